The quantitative estimate of drug-likeness (QED) is 0.737. The molecule has 0 unspecified atom stereocenters. The van der Waals surface area contributed by atoms with Gasteiger partial charge in [0.15, 0.2) is 0 Å². The minimum atomic E-state index is -4.60. The van der Waals surface area contributed by atoms with Crippen LogP contribution in [0.4, 0.5) is 29.3 Å². The van der Waals surface area contributed by atoms with Gasteiger partial charge in [-0.3, -0.25) is 0 Å². The van der Waals surface area contributed by atoms with Crippen LogP contribution in [-0.4, -0.2) is 39.4 Å². The zero-order chi connectivity index (χ0) is 21.6. The molecule has 162 valence electrons. The van der Waals surface area contributed by atoms with Gasteiger partial charge in [0, 0.05) is 32.4 Å². The summed E-state index contributed by atoms with van der Waals surface area (Å²) in [6, 6.07) is 10.6. The fourth-order valence-electron chi connectivity index (χ4n) is 3.16. The minimum Gasteiger partial charge on any atom is -0.380 e. The van der Waals surface area contributed by atoms with Crippen LogP contribution in [0.3, 0.4) is 0 Å². The molecule has 3 rings (SSSR count). The number of ether oxygens (including phenoxy) is 2. The molecule has 2 amide bonds. The Kier molecular flexibility index (Phi) is 7.17. The molecule has 6 nitrogen and oxygen atoms in total. The lowest BCUT2D eigenvalue weighted by molar-refractivity contribution is -0.136. The van der Waals surface area contributed by atoms with Crippen LogP contribution in [-0.2, 0) is 28.8 Å². The Morgan fingerprint density at radius 1 is 1.10 bits per heavy atom. The van der Waals surface area contributed by atoms with Crippen molar-refractivity contribution in [3.05, 3.63) is 59.2 Å². The number of rotatable bonds is 6. The maximum absolute atomic E-state index is 13.6. The molecule has 2 aromatic rings. The third-order valence-corrected chi connectivity index (χ3v) is 4.72. The summed E-state index contributed by atoms with van der Waals surface area (Å²) >= 11 is 0. The highest BCUT2D eigenvalue weighted by Crippen LogP contribution is 2.37. The first-order chi connectivity index (χ1) is 14.4. The highest BCUT2D eigenvalue weighted by atomic mass is 19.4. The molecule has 0 aromatic heterocycles. The number of halogens is 3. The molecule has 0 radical (unpaired) electrons. The van der Waals surface area contributed by atoms with Crippen LogP contribution >= 0.6 is 0 Å². The van der Waals surface area contributed by atoms with Gasteiger partial charge in [-0.1, -0.05) is 24.3 Å². The average Bonchev–Trinajstić information content (AvgIpc) is 2.73. The molecule has 2 aromatic carbocycles. The van der Waals surface area contributed by atoms with Crippen LogP contribution in [0.1, 0.15) is 16.7 Å². The normalized spacial score (nSPS) is 14.5. The van der Waals surface area contributed by atoms with Crippen molar-refractivity contribution in [3.8, 4) is 0 Å². The van der Waals surface area contributed by atoms with Crippen LogP contribution < -0.4 is 15.5 Å². The molecule has 1 heterocycles. The number of hydrogen-bond donors (Lipinski definition) is 2. The highest BCUT2D eigenvalue weighted by Gasteiger charge is 2.34. The Labute approximate surface area is 173 Å². The first-order valence-corrected chi connectivity index (χ1v) is 9.52. The number of nitrogens with zero attached hydrogens (tertiary/aromatic N) is 1. The Balaban J connectivity index is 1.66. The average molecular weight is 423 g/mol. The van der Waals surface area contributed by atoms with Crippen molar-refractivity contribution in [1.82, 2.24) is 5.32 Å². The lowest BCUT2D eigenvalue weighted by atomic mass is 10.1. The van der Waals surface area contributed by atoms with E-state index in [1.54, 1.807) is 13.2 Å². The number of alkyl halides is 3. The summed E-state index contributed by atoms with van der Waals surface area (Å²) in [6.07, 6.45) is -4.60. The first-order valence-electron chi connectivity index (χ1n) is 9.52. The molecule has 1 aliphatic rings. The molecule has 0 aliphatic carbocycles. The monoisotopic (exact) mass is 423 g/mol. The van der Waals surface area contributed by atoms with E-state index in [1.165, 1.54) is 6.07 Å². The Bertz CT molecular complexity index is 851. The minimum absolute atomic E-state index is 0.187. The lowest BCUT2D eigenvalue weighted by Crippen LogP contribution is -2.36. The van der Waals surface area contributed by atoms with Crippen molar-refractivity contribution in [1.29, 1.82) is 0 Å². The van der Waals surface area contributed by atoms with Crippen molar-refractivity contribution in [2.24, 2.45) is 0 Å². The molecular weight excluding hydrogens is 399 g/mol. The molecule has 0 saturated carbocycles. The zero-order valence-corrected chi connectivity index (χ0v) is 16.6. The summed E-state index contributed by atoms with van der Waals surface area (Å²) in [7, 11) is 1.60. The fraction of sp³-hybridized carbons (Fsp3) is 0.381. The van der Waals surface area contributed by atoms with E-state index < -0.39 is 17.8 Å². The number of urea groups is 1. The van der Waals surface area contributed by atoms with E-state index in [-0.39, 0.29) is 12.2 Å². The number of carbonyl (C=O) groups is 1. The number of methoxy groups -OCH3 is 1. The lowest BCUT2D eigenvalue weighted by Gasteiger charge is -2.29. The third-order valence-electron chi connectivity index (χ3n) is 4.72. The summed E-state index contributed by atoms with van der Waals surface area (Å²) < 4.78 is 51.0. The van der Waals surface area contributed by atoms with Gasteiger partial charge in [0.05, 0.1) is 31.1 Å². The van der Waals surface area contributed by atoms with Crippen LogP contribution in [0.15, 0.2) is 42.5 Å². The van der Waals surface area contributed by atoms with E-state index >= 15 is 0 Å². The maximum Gasteiger partial charge on any atom is 0.418 e. The summed E-state index contributed by atoms with van der Waals surface area (Å²) in [5.41, 5.74) is 1.09. The number of nitrogens with one attached hydrogen (secondary N) is 2. The van der Waals surface area contributed by atoms with E-state index in [2.05, 4.69) is 10.6 Å². The largest absolute Gasteiger partial charge is 0.418 e. The SMILES string of the molecule is COCc1ccc(CNC(=O)Nc2ccc(N3CCOCC3)cc2C(F)(F)F)cc1. The predicted molar refractivity (Wildman–Crippen MR) is 107 cm³/mol. The van der Waals surface area contributed by atoms with Crippen molar-refractivity contribution < 1.29 is 27.4 Å². The van der Waals surface area contributed by atoms with Gasteiger partial charge < -0.3 is 25.0 Å². The molecule has 1 aliphatic heterocycles. The van der Waals surface area contributed by atoms with Gasteiger partial charge in [-0.25, -0.2) is 4.79 Å². The van der Waals surface area contributed by atoms with Gasteiger partial charge in [-0.05, 0) is 29.3 Å². The van der Waals surface area contributed by atoms with Gasteiger partial charge in [0.25, 0.3) is 0 Å². The molecule has 9 heteroatoms. The van der Waals surface area contributed by atoms with Crippen molar-refractivity contribution in [3.63, 3.8) is 0 Å². The van der Waals surface area contributed by atoms with E-state index in [9.17, 15) is 18.0 Å². The van der Waals surface area contributed by atoms with Gasteiger partial charge in [-0.2, -0.15) is 13.2 Å². The molecule has 2 N–H and O–H groups in total. The van der Waals surface area contributed by atoms with E-state index in [4.69, 9.17) is 9.47 Å². The van der Waals surface area contributed by atoms with E-state index in [0.717, 1.165) is 17.2 Å². The second-order valence-corrected chi connectivity index (χ2v) is 6.88. The van der Waals surface area contributed by atoms with E-state index in [1.807, 2.05) is 29.2 Å². The number of hydrogen-bond acceptors (Lipinski definition) is 4. The zero-order valence-electron chi connectivity index (χ0n) is 16.6. The molecular formula is C21H24F3N3O3. The fourth-order valence-corrected chi connectivity index (χ4v) is 3.16. The highest BCUT2D eigenvalue weighted by molar-refractivity contribution is 5.90. The summed E-state index contributed by atoms with van der Waals surface area (Å²) in [4.78, 5) is 14.0. The Hall–Kier alpha value is -2.78. The maximum atomic E-state index is 13.6. The van der Waals surface area contributed by atoms with Crippen LogP contribution in [0, 0.1) is 0 Å². The Morgan fingerprint density at radius 2 is 1.77 bits per heavy atom. The molecule has 1 saturated heterocycles. The van der Waals surface area contributed by atoms with Crippen molar-refractivity contribution in [2.75, 3.05) is 43.6 Å². The van der Waals surface area contributed by atoms with Gasteiger partial charge >= 0.3 is 12.2 Å². The van der Waals surface area contributed by atoms with Gasteiger partial charge in [-0.15, -0.1) is 0 Å². The number of carbonyl (C=O) groups excluding carboxylic acids is 1. The number of morpholine rings is 1. The number of benzene rings is 2. The van der Waals surface area contributed by atoms with Gasteiger partial charge in [0.1, 0.15) is 0 Å². The first kappa shape index (κ1) is 21.9. The van der Waals surface area contributed by atoms with Crippen LogP contribution in [0.5, 0.6) is 0 Å². The topological polar surface area (TPSA) is 62.8 Å². The second-order valence-electron chi connectivity index (χ2n) is 6.88. The number of anilines is 2. The molecule has 0 atom stereocenters. The molecule has 0 bridgehead atoms. The molecule has 0 spiro atoms. The van der Waals surface area contributed by atoms with Crippen molar-refractivity contribution >= 4 is 17.4 Å². The molecule has 1 fully saturated rings. The number of amides is 2. The van der Waals surface area contributed by atoms with Crippen LogP contribution in [0.2, 0.25) is 0 Å². The standard InChI is InChI=1S/C21H24F3N3O3/c1-29-14-16-4-2-15(3-5-16)13-25-20(28)26-19-7-6-17(12-18(19)21(22,23)24)27-8-10-30-11-9-27/h2-7,12H,8-11,13-14H2,1H3,(H2,25,26,28). The summed E-state index contributed by atoms with van der Waals surface area (Å²) in [5, 5.41) is 4.90. The Morgan fingerprint density at radius 3 is 2.40 bits per heavy atom. The van der Waals surface area contributed by atoms with E-state index in [0.29, 0.717) is 38.6 Å². The van der Waals surface area contributed by atoms with Gasteiger partial charge in [0.2, 0.25) is 0 Å². The van der Waals surface area contributed by atoms with Crippen molar-refractivity contribution in [2.45, 2.75) is 19.3 Å². The van der Waals surface area contributed by atoms with Crippen LogP contribution in [0.25, 0.3) is 0 Å². The molecule has 30 heavy (non-hydrogen) atoms. The predicted octanol–water partition coefficient (Wildman–Crippen LogP) is 4.01. The second kappa shape index (κ2) is 9.82. The smallest absolute Gasteiger partial charge is 0.380 e. The summed E-state index contributed by atoms with van der Waals surface area (Å²) in [6.45, 7) is 2.65. The third kappa shape index (κ3) is 5.87. The summed E-state index contributed by atoms with van der Waals surface area (Å²) in [5.74, 6) is 0.